The Hall–Kier alpha value is -1.36. The maximum Gasteiger partial charge on any atom is 0.124 e. The van der Waals surface area contributed by atoms with Gasteiger partial charge in [0.25, 0.3) is 0 Å². The highest BCUT2D eigenvalue weighted by molar-refractivity contribution is 9.10. The molecule has 2 aromatic carbocycles. The number of ether oxygens (including phenoxy) is 1. The molecule has 1 fully saturated rings. The van der Waals surface area contributed by atoms with Gasteiger partial charge in [-0.3, -0.25) is 4.90 Å². The number of aryl methyl sites for hydroxylation is 2. The van der Waals surface area contributed by atoms with E-state index in [1.165, 1.54) is 22.3 Å². The molecule has 3 rings (SSSR count). The average molecular weight is 389 g/mol. The van der Waals surface area contributed by atoms with Gasteiger partial charge in [0.1, 0.15) is 5.75 Å². The van der Waals surface area contributed by atoms with Crippen molar-refractivity contribution >= 4 is 15.9 Å². The predicted octanol–water partition coefficient (Wildman–Crippen LogP) is 4.07. The summed E-state index contributed by atoms with van der Waals surface area (Å²) in [4.78, 5) is 2.55. The third kappa shape index (κ3) is 3.82. The highest BCUT2D eigenvalue weighted by Gasteiger charge is 2.27. The van der Waals surface area contributed by atoms with Gasteiger partial charge in [-0.05, 0) is 37.6 Å². The number of benzene rings is 2. The molecule has 0 bridgehead atoms. The van der Waals surface area contributed by atoms with Crippen LogP contribution in [0.1, 0.15) is 28.3 Å². The summed E-state index contributed by atoms with van der Waals surface area (Å²) in [6, 6.07) is 13.3. The normalized spacial score (nSPS) is 16.8. The van der Waals surface area contributed by atoms with Crippen LogP contribution < -0.4 is 10.1 Å². The van der Waals surface area contributed by atoms with Crippen molar-refractivity contribution in [2.45, 2.75) is 19.9 Å². The van der Waals surface area contributed by atoms with E-state index >= 15 is 0 Å². The Morgan fingerprint density at radius 2 is 1.71 bits per heavy atom. The predicted molar refractivity (Wildman–Crippen MR) is 103 cm³/mol. The van der Waals surface area contributed by atoms with Gasteiger partial charge in [-0.1, -0.05) is 45.3 Å². The van der Waals surface area contributed by atoms with Crippen LogP contribution in [0.5, 0.6) is 5.75 Å². The maximum absolute atomic E-state index is 5.69. The van der Waals surface area contributed by atoms with Crippen LogP contribution in [0, 0.1) is 13.8 Å². The Balaban J connectivity index is 2.13. The molecule has 1 saturated heterocycles. The Morgan fingerprint density at radius 3 is 2.33 bits per heavy atom. The summed E-state index contributed by atoms with van der Waals surface area (Å²) in [6.45, 7) is 8.46. The molecule has 0 radical (unpaired) electrons. The van der Waals surface area contributed by atoms with Crippen LogP contribution in [0.4, 0.5) is 0 Å². The lowest BCUT2D eigenvalue weighted by Crippen LogP contribution is -2.45. The van der Waals surface area contributed by atoms with Crippen molar-refractivity contribution in [1.29, 1.82) is 0 Å². The molecule has 0 spiro atoms. The molecule has 128 valence electrons. The molecule has 1 aliphatic rings. The van der Waals surface area contributed by atoms with Gasteiger partial charge in [0.15, 0.2) is 0 Å². The zero-order valence-electron chi connectivity index (χ0n) is 14.6. The van der Waals surface area contributed by atoms with Crippen molar-refractivity contribution in [1.82, 2.24) is 10.2 Å². The Bertz CT molecular complexity index is 691. The highest BCUT2D eigenvalue weighted by atomic mass is 79.9. The molecule has 1 aliphatic heterocycles. The number of rotatable bonds is 4. The standard InChI is InChI=1S/C20H25BrN2O/c1-14-10-15(2)12-16(11-14)20(23-8-6-22-7-9-23)18-13-17(21)4-5-19(18)24-3/h4-5,10-13,20,22H,6-9H2,1-3H3. The molecule has 24 heavy (non-hydrogen) atoms. The number of hydrogen-bond acceptors (Lipinski definition) is 3. The molecule has 1 atom stereocenters. The molecule has 3 nitrogen and oxygen atoms in total. The number of nitrogens with one attached hydrogen (secondary N) is 1. The maximum atomic E-state index is 5.69. The van der Waals surface area contributed by atoms with Gasteiger partial charge in [-0.15, -0.1) is 0 Å². The first-order chi connectivity index (χ1) is 11.6. The Kier molecular flexibility index (Phi) is 5.59. The van der Waals surface area contributed by atoms with Crippen LogP contribution in [0.2, 0.25) is 0 Å². The molecule has 0 aromatic heterocycles. The van der Waals surface area contributed by atoms with Crippen LogP contribution in [-0.2, 0) is 0 Å². The van der Waals surface area contributed by atoms with Gasteiger partial charge in [-0.2, -0.15) is 0 Å². The molecule has 1 unspecified atom stereocenters. The van der Waals surface area contributed by atoms with Crippen LogP contribution in [0.3, 0.4) is 0 Å². The van der Waals surface area contributed by atoms with E-state index in [1.807, 2.05) is 6.07 Å². The van der Waals surface area contributed by atoms with E-state index in [2.05, 4.69) is 70.3 Å². The molecule has 1 heterocycles. The zero-order valence-corrected chi connectivity index (χ0v) is 16.2. The van der Waals surface area contributed by atoms with E-state index in [-0.39, 0.29) is 6.04 Å². The van der Waals surface area contributed by atoms with Crippen LogP contribution in [-0.4, -0.2) is 38.2 Å². The van der Waals surface area contributed by atoms with E-state index in [0.717, 1.165) is 36.4 Å². The first-order valence-electron chi connectivity index (χ1n) is 8.45. The summed E-state index contributed by atoms with van der Waals surface area (Å²) in [5, 5.41) is 3.45. The number of methoxy groups -OCH3 is 1. The fourth-order valence-corrected chi connectivity index (χ4v) is 3.99. The summed E-state index contributed by atoms with van der Waals surface area (Å²) in [5.74, 6) is 0.945. The Morgan fingerprint density at radius 1 is 1.04 bits per heavy atom. The van der Waals surface area contributed by atoms with E-state index in [4.69, 9.17) is 4.74 Å². The number of halogens is 1. The fourth-order valence-electron chi connectivity index (χ4n) is 3.61. The summed E-state index contributed by atoms with van der Waals surface area (Å²) in [5.41, 5.74) is 5.17. The number of nitrogens with zero attached hydrogens (tertiary/aromatic N) is 1. The molecule has 1 N–H and O–H groups in total. The van der Waals surface area contributed by atoms with E-state index in [9.17, 15) is 0 Å². The van der Waals surface area contributed by atoms with Gasteiger partial charge < -0.3 is 10.1 Å². The molecule has 2 aromatic rings. The second-order valence-corrected chi connectivity index (χ2v) is 7.41. The number of hydrogen-bond donors (Lipinski definition) is 1. The minimum Gasteiger partial charge on any atom is -0.496 e. The van der Waals surface area contributed by atoms with Crippen LogP contribution in [0.25, 0.3) is 0 Å². The molecular weight excluding hydrogens is 364 g/mol. The monoisotopic (exact) mass is 388 g/mol. The van der Waals surface area contributed by atoms with Crippen molar-refractivity contribution in [3.05, 3.63) is 63.1 Å². The van der Waals surface area contributed by atoms with Crippen molar-refractivity contribution in [2.75, 3.05) is 33.3 Å². The highest BCUT2D eigenvalue weighted by Crippen LogP contribution is 2.37. The SMILES string of the molecule is COc1ccc(Br)cc1C(c1cc(C)cc(C)c1)N1CCNCC1. The number of piperazine rings is 1. The van der Waals surface area contributed by atoms with Crippen molar-refractivity contribution in [3.8, 4) is 5.75 Å². The van der Waals surface area contributed by atoms with Crippen LogP contribution in [0.15, 0.2) is 40.9 Å². The van der Waals surface area contributed by atoms with Gasteiger partial charge in [0.05, 0.1) is 13.2 Å². The molecule has 0 saturated carbocycles. The van der Waals surface area contributed by atoms with Gasteiger partial charge in [0.2, 0.25) is 0 Å². The van der Waals surface area contributed by atoms with E-state index < -0.39 is 0 Å². The fraction of sp³-hybridized carbons (Fsp3) is 0.400. The summed E-state index contributed by atoms with van der Waals surface area (Å²) >= 11 is 3.63. The first kappa shape index (κ1) is 17.5. The molecule has 4 heteroatoms. The summed E-state index contributed by atoms with van der Waals surface area (Å²) in [7, 11) is 1.75. The molecule has 0 aliphatic carbocycles. The third-order valence-corrected chi connectivity index (χ3v) is 5.06. The summed E-state index contributed by atoms with van der Waals surface area (Å²) < 4.78 is 6.78. The lowest BCUT2D eigenvalue weighted by molar-refractivity contribution is 0.195. The lowest BCUT2D eigenvalue weighted by Gasteiger charge is -2.36. The molecule has 0 amide bonds. The molecular formula is C20H25BrN2O. The van der Waals surface area contributed by atoms with Crippen molar-refractivity contribution in [2.24, 2.45) is 0 Å². The minimum atomic E-state index is 0.207. The van der Waals surface area contributed by atoms with Gasteiger partial charge in [0, 0.05) is 36.2 Å². The van der Waals surface area contributed by atoms with Gasteiger partial charge >= 0.3 is 0 Å². The Labute approximate surface area is 153 Å². The topological polar surface area (TPSA) is 24.5 Å². The van der Waals surface area contributed by atoms with E-state index in [0.29, 0.717) is 0 Å². The van der Waals surface area contributed by atoms with Crippen molar-refractivity contribution in [3.63, 3.8) is 0 Å². The third-order valence-electron chi connectivity index (χ3n) is 4.56. The van der Waals surface area contributed by atoms with E-state index in [1.54, 1.807) is 7.11 Å². The summed E-state index contributed by atoms with van der Waals surface area (Å²) in [6.07, 6.45) is 0. The second-order valence-electron chi connectivity index (χ2n) is 6.50. The van der Waals surface area contributed by atoms with Crippen LogP contribution >= 0.6 is 15.9 Å². The zero-order chi connectivity index (χ0) is 17.1. The van der Waals surface area contributed by atoms with Crippen molar-refractivity contribution < 1.29 is 4.74 Å². The first-order valence-corrected chi connectivity index (χ1v) is 9.24. The van der Waals surface area contributed by atoms with Gasteiger partial charge in [-0.25, -0.2) is 0 Å². The second kappa shape index (κ2) is 7.68. The lowest BCUT2D eigenvalue weighted by atomic mass is 9.93. The largest absolute Gasteiger partial charge is 0.496 e. The minimum absolute atomic E-state index is 0.207. The smallest absolute Gasteiger partial charge is 0.124 e. The quantitative estimate of drug-likeness (QED) is 0.853. The average Bonchev–Trinajstić information content (AvgIpc) is 2.55.